The van der Waals surface area contributed by atoms with Crippen LogP contribution in [-0.2, 0) is 4.79 Å². The Hall–Kier alpha value is -1.65. The number of aromatic nitrogens is 2. The summed E-state index contributed by atoms with van der Waals surface area (Å²) >= 11 is 0. The van der Waals surface area contributed by atoms with Gasteiger partial charge < -0.3 is 10.6 Å². The number of hydrogen-bond donors (Lipinski definition) is 2. The molecule has 0 atom stereocenters. The SMILES string of the molecule is CC(=O)CNc1cc(NCCC(C)(C)C)ncn1. The van der Waals surface area contributed by atoms with Gasteiger partial charge in [-0.05, 0) is 18.8 Å². The van der Waals surface area contributed by atoms with Gasteiger partial charge in [-0.25, -0.2) is 9.97 Å². The van der Waals surface area contributed by atoms with Gasteiger partial charge in [-0.1, -0.05) is 20.8 Å². The van der Waals surface area contributed by atoms with Gasteiger partial charge in [0.1, 0.15) is 23.7 Å². The lowest BCUT2D eigenvalue weighted by molar-refractivity contribution is -0.115. The summed E-state index contributed by atoms with van der Waals surface area (Å²) in [6, 6.07) is 1.81. The molecule has 0 spiro atoms. The van der Waals surface area contributed by atoms with Crippen molar-refractivity contribution in [3.63, 3.8) is 0 Å². The van der Waals surface area contributed by atoms with Crippen LogP contribution >= 0.6 is 0 Å². The fourth-order valence-corrected chi connectivity index (χ4v) is 1.33. The van der Waals surface area contributed by atoms with Crippen LogP contribution in [0.25, 0.3) is 0 Å². The maximum Gasteiger partial charge on any atom is 0.148 e. The van der Waals surface area contributed by atoms with Crippen molar-refractivity contribution in [2.45, 2.75) is 34.1 Å². The maximum atomic E-state index is 10.9. The molecule has 0 aliphatic carbocycles. The molecule has 0 bridgehead atoms. The first kappa shape index (κ1) is 14.4. The van der Waals surface area contributed by atoms with Gasteiger partial charge in [0.05, 0.1) is 6.54 Å². The third kappa shape index (κ3) is 6.18. The predicted octanol–water partition coefficient (Wildman–Crippen LogP) is 2.33. The lowest BCUT2D eigenvalue weighted by Crippen LogP contribution is -2.14. The lowest BCUT2D eigenvalue weighted by Gasteiger charge is -2.18. The summed E-state index contributed by atoms with van der Waals surface area (Å²) in [5, 5.41) is 6.20. The second-order valence-electron chi connectivity index (χ2n) is 5.58. The van der Waals surface area contributed by atoms with E-state index in [4.69, 9.17) is 0 Å². The minimum atomic E-state index is 0.0795. The summed E-state index contributed by atoms with van der Waals surface area (Å²) in [6.45, 7) is 9.30. The van der Waals surface area contributed by atoms with E-state index in [0.717, 1.165) is 18.8 Å². The number of carbonyl (C=O) groups is 1. The van der Waals surface area contributed by atoms with Gasteiger partial charge in [-0.3, -0.25) is 4.79 Å². The first-order chi connectivity index (χ1) is 8.37. The molecule has 0 amide bonds. The highest BCUT2D eigenvalue weighted by Gasteiger charge is 2.09. The number of carbonyl (C=O) groups excluding carboxylic acids is 1. The standard InChI is InChI=1S/C13H22N4O/c1-10(18)8-15-12-7-11(16-9-17-12)14-6-5-13(2,3)4/h7,9H,5-6,8H2,1-4H3,(H2,14,15,16,17). The second-order valence-corrected chi connectivity index (χ2v) is 5.58. The van der Waals surface area contributed by atoms with Crippen LogP contribution in [0.4, 0.5) is 11.6 Å². The molecule has 18 heavy (non-hydrogen) atoms. The van der Waals surface area contributed by atoms with Crippen molar-refractivity contribution in [3.05, 3.63) is 12.4 Å². The third-order valence-corrected chi connectivity index (χ3v) is 2.37. The van der Waals surface area contributed by atoms with Crippen molar-refractivity contribution in [1.82, 2.24) is 9.97 Å². The Kier molecular flexibility index (Phi) is 5.07. The molecule has 5 nitrogen and oxygen atoms in total. The average Bonchev–Trinajstić information content (AvgIpc) is 2.25. The monoisotopic (exact) mass is 250 g/mol. The number of nitrogens with zero attached hydrogens (tertiary/aromatic N) is 2. The van der Waals surface area contributed by atoms with E-state index in [1.807, 2.05) is 6.07 Å². The van der Waals surface area contributed by atoms with E-state index in [1.165, 1.54) is 13.3 Å². The van der Waals surface area contributed by atoms with Gasteiger partial charge in [-0.2, -0.15) is 0 Å². The van der Waals surface area contributed by atoms with Gasteiger partial charge in [0.2, 0.25) is 0 Å². The Morgan fingerprint density at radius 2 is 1.83 bits per heavy atom. The summed E-state index contributed by atoms with van der Waals surface area (Å²) < 4.78 is 0. The number of anilines is 2. The molecule has 100 valence electrons. The molecule has 1 rings (SSSR count). The summed E-state index contributed by atoms with van der Waals surface area (Å²) in [6.07, 6.45) is 2.55. The largest absolute Gasteiger partial charge is 0.370 e. The highest BCUT2D eigenvalue weighted by molar-refractivity contribution is 5.80. The number of hydrogen-bond acceptors (Lipinski definition) is 5. The van der Waals surface area contributed by atoms with Crippen molar-refractivity contribution in [2.75, 3.05) is 23.7 Å². The second kappa shape index (κ2) is 6.33. The summed E-state index contributed by atoms with van der Waals surface area (Å²) in [7, 11) is 0. The fourth-order valence-electron chi connectivity index (χ4n) is 1.33. The molecular formula is C13H22N4O. The zero-order valence-electron chi connectivity index (χ0n) is 11.6. The molecule has 2 N–H and O–H groups in total. The van der Waals surface area contributed by atoms with Crippen molar-refractivity contribution in [3.8, 4) is 0 Å². The number of Topliss-reactive ketones (excluding diaryl/α,β-unsaturated/α-hetero) is 1. The van der Waals surface area contributed by atoms with E-state index in [9.17, 15) is 4.79 Å². The molecule has 0 aromatic carbocycles. The Morgan fingerprint density at radius 3 is 2.39 bits per heavy atom. The van der Waals surface area contributed by atoms with E-state index >= 15 is 0 Å². The van der Waals surface area contributed by atoms with Crippen LogP contribution in [-0.4, -0.2) is 28.8 Å². The van der Waals surface area contributed by atoms with Crippen LogP contribution in [0.3, 0.4) is 0 Å². The lowest BCUT2D eigenvalue weighted by atomic mass is 9.92. The van der Waals surface area contributed by atoms with Gasteiger partial charge in [0.15, 0.2) is 0 Å². The molecule has 0 unspecified atom stereocenters. The molecule has 1 heterocycles. The summed E-state index contributed by atoms with van der Waals surface area (Å²) in [4.78, 5) is 19.1. The van der Waals surface area contributed by atoms with Gasteiger partial charge >= 0.3 is 0 Å². The Labute approximate surface area is 108 Å². The molecule has 0 aliphatic rings. The van der Waals surface area contributed by atoms with E-state index in [2.05, 4.69) is 41.4 Å². The van der Waals surface area contributed by atoms with Gasteiger partial charge in [0, 0.05) is 12.6 Å². The minimum absolute atomic E-state index is 0.0795. The molecule has 0 radical (unpaired) electrons. The van der Waals surface area contributed by atoms with E-state index < -0.39 is 0 Å². The first-order valence-corrected chi connectivity index (χ1v) is 6.16. The highest BCUT2D eigenvalue weighted by atomic mass is 16.1. The molecule has 0 saturated carbocycles. The maximum absolute atomic E-state index is 10.9. The van der Waals surface area contributed by atoms with Crippen LogP contribution < -0.4 is 10.6 Å². The zero-order chi connectivity index (χ0) is 13.6. The van der Waals surface area contributed by atoms with Crippen molar-refractivity contribution in [2.24, 2.45) is 5.41 Å². The number of ketones is 1. The molecule has 1 aromatic rings. The van der Waals surface area contributed by atoms with E-state index in [-0.39, 0.29) is 5.78 Å². The molecular weight excluding hydrogens is 228 g/mol. The van der Waals surface area contributed by atoms with Crippen molar-refractivity contribution < 1.29 is 4.79 Å². The first-order valence-electron chi connectivity index (χ1n) is 6.16. The fraction of sp³-hybridized carbons (Fsp3) is 0.615. The van der Waals surface area contributed by atoms with E-state index in [0.29, 0.717) is 17.8 Å². The van der Waals surface area contributed by atoms with Crippen LogP contribution in [0.1, 0.15) is 34.1 Å². The number of nitrogens with one attached hydrogen (secondary N) is 2. The molecule has 5 heteroatoms. The molecule has 1 aromatic heterocycles. The van der Waals surface area contributed by atoms with Crippen LogP contribution in [0, 0.1) is 5.41 Å². The Morgan fingerprint density at radius 1 is 1.22 bits per heavy atom. The van der Waals surface area contributed by atoms with Crippen molar-refractivity contribution in [1.29, 1.82) is 0 Å². The Balaban J connectivity index is 2.46. The van der Waals surface area contributed by atoms with Crippen molar-refractivity contribution >= 4 is 17.4 Å². The molecule has 0 fully saturated rings. The van der Waals surface area contributed by atoms with Gasteiger partial charge in [-0.15, -0.1) is 0 Å². The zero-order valence-corrected chi connectivity index (χ0v) is 11.6. The van der Waals surface area contributed by atoms with E-state index in [1.54, 1.807) is 0 Å². The summed E-state index contributed by atoms with van der Waals surface area (Å²) in [5.41, 5.74) is 0.301. The third-order valence-electron chi connectivity index (χ3n) is 2.37. The topological polar surface area (TPSA) is 66.9 Å². The van der Waals surface area contributed by atoms with Gasteiger partial charge in [0.25, 0.3) is 0 Å². The summed E-state index contributed by atoms with van der Waals surface area (Å²) in [5.74, 6) is 1.52. The smallest absolute Gasteiger partial charge is 0.148 e. The van der Waals surface area contributed by atoms with Crippen LogP contribution in [0.2, 0.25) is 0 Å². The average molecular weight is 250 g/mol. The Bertz CT molecular complexity index is 398. The highest BCUT2D eigenvalue weighted by Crippen LogP contribution is 2.18. The van der Waals surface area contributed by atoms with Crippen LogP contribution in [0.15, 0.2) is 12.4 Å². The predicted molar refractivity (Wildman–Crippen MR) is 73.8 cm³/mol. The van der Waals surface area contributed by atoms with Crippen LogP contribution in [0.5, 0.6) is 0 Å². The quantitative estimate of drug-likeness (QED) is 0.811. The normalized spacial score (nSPS) is 11.1. The minimum Gasteiger partial charge on any atom is -0.370 e. The molecule has 0 aliphatic heterocycles. The molecule has 0 saturated heterocycles. The number of rotatable bonds is 6.